The zero-order valence-electron chi connectivity index (χ0n) is 9.54. The van der Waals surface area contributed by atoms with Gasteiger partial charge in [-0.05, 0) is 13.8 Å². The molecule has 1 unspecified atom stereocenters. The zero-order valence-corrected chi connectivity index (χ0v) is 9.54. The Morgan fingerprint density at radius 1 is 1.25 bits per heavy atom. The average molecular weight is 232 g/mol. The van der Waals surface area contributed by atoms with E-state index in [0.29, 0.717) is 0 Å². The molecule has 0 saturated carbocycles. The number of amides is 2. The van der Waals surface area contributed by atoms with Gasteiger partial charge in [0.15, 0.2) is 6.04 Å². The lowest BCUT2D eigenvalue weighted by Crippen LogP contribution is -2.66. The minimum absolute atomic E-state index is 0.169. The van der Waals surface area contributed by atoms with Gasteiger partial charge < -0.3 is 21.1 Å². The van der Waals surface area contributed by atoms with Gasteiger partial charge in [-0.3, -0.25) is 14.4 Å². The highest BCUT2D eigenvalue weighted by Crippen LogP contribution is 1.76. The lowest BCUT2D eigenvalue weighted by Gasteiger charge is -2.06. The van der Waals surface area contributed by atoms with E-state index in [9.17, 15) is 14.4 Å². The molecule has 1 atom stereocenters. The fraction of sp³-hybridized carbons (Fsp3) is 0.667. The van der Waals surface area contributed by atoms with Crippen LogP contribution in [0.4, 0.5) is 0 Å². The van der Waals surface area contributed by atoms with Gasteiger partial charge in [0, 0.05) is 0 Å². The number of rotatable bonds is 6. The first-order valence-electron chi connectivity index (χ1n) is 5.00. The van der Waals surface area contributed by atoms with Gasteiger partial charge in [0.25, 0.3) is 5.91 Å². The Morgan fingerprint density at radius 3 is 2.38 bits per heavy atom. The van der Waals surface area contributed by atoms with Crippen molar-refractivity contribution in [2.24, 2.45) is 0 Å². The Morgan fingerprint density at radius 2 is 1.88 bits per heavy atom. The summed E-state index contributed by atoms with van der Waals surface area (Å²) in [5.41, 5.74) is 3.50. The van der Waals surface area contributed by atoms with Crippen molar-refractivity contribution in [1.29, 1.82) is 0 Å². The van der Waals surface area contributed by atoms with Crippen LogP contribution in [0.2, 0.25) is 0 Å². The average Bonchev–Trinajstić information content (AvgIpc) is 2.23. The predicted octanol–water partition coefficient (Wildman–Crippen LogP) is -2.59. The third kappa shape index (κ3) is 6.77. The molecular weight excluding hydrogens is 214 g/mol. The number of carbonyl (C=O) groups excluding carboxylic acids is 3. The first kappa shape index (κ1) is 14.4. The first-order valence-corrected chi connectivity index (χ1v) is 5.00. The summed E-state index contributed by atoms with van der Waals surface area (Å²) in [7, 11) is 0. The Hall–Kier alpha value is -1.63. The molecule has 0 aliphatic carbocycles. The van der Waals surface area contributed by atoms with Crippen molar-refractivity contribution in [2.75, 3.05) is 19.7 Å². The van der Waals surface area contributed by atoms with Crippen molar-refractivity contribution < 1.29 is 24.9 Å². The Balaban J connectivity index is 3.67. The van der Waals surface area contributed by atoms with Gasteiger partial charge in [0.2, 0.25) is 5.91 Å². The van der Waals surface area contributed by atoms with Crippen LogP contribution in [0, 0.1) is 0 Å². The molecule has 0 saturated heterocycles. The van der Waals surface area contributed by atoms with E-state index < -0.39 is 17.9 Å². The van der Waals surface area contributed by atoms with Crippen molar-refractivity contribution in [3.05, 3.63) is 0 Å². The summed E-state index contributed by atoms with van der Waals surface area (Å²) in [5, 5.41) is 4.68. The summed E-state index contributed by atoms with van der Waals surface area (Å²) < 4.78 is 4.61. The highest BCUT2D eigenvalue weighted by molar-refractivity contribution is 5.88. The number of hydrogen-bond acceptors (Lipinski definition) is 4. The van der Waals surface area contributed by atoms with Crippen LogP contribution >= 0.6 is 0 Å². The molecule has 16 heavy (non-hydrogen) atoms. The number of esters is 1. The lowest BCUT2D eigenvalue weighted by atomic mass is 10.3. The van der Waals surface area contributed by atoms with E-state index in [2.05, 4.69) is 21.1 Å². The van der Waals surface area contributed by atoms with Gasteiger partial charge in [-0.25, -0.2) is 0 Å². The second kappa shape index (κ2) is 7.63. The standard InChI is InChI=1S/C9H17N3O4/c1-3-16-8(14)5-11-7(13)4-12-9(15)6(2)10/h6H,3-5,10H2,1-2H3,(H,11,13)(H,12,15)/p+1. The van der Waals surface area contributed by atoms with Crippen LogP contribution < -0.4 is 16.4 Å². The molecule has 0 aromatic heterocycles. The van der Waals surface area contributed by atoms with Crippen LogP contribution in [0.5, 0.6) is 0 Å². The highest BCUT2D eigenvalue weighted by atomic mass is 16.5. The zero-order chi connectivity index (χ0) is 12.6. The van der Waals surface area contributed by atoms with Crippen molar-refractivity contribution in [3.8, 4) is 0 Å². The van der Waals surface area contributed by atoms with Crippen LogP contribution in [0.25, 0.3) is 0 Å². The van der Waals surface area contributed by atoms with Gasteiger partial charge in [-0.15, -0.1) is 0 Å². The maximum absolute atomic E-state index is 11.1. The van der Waals surface area contributed by atoms with Gasteiger partial charge >= 0.3 is 5.97 Å². The molecule has 2 amide bonds. The van der Waals surface area contributed by atoms with Crippen molar-refractivity contribution in [2.45, 2.75) is 19.9 Å². The molecule has 7 heteroatoms. The predicted molar refractivity (Wildman–Crippen MR) is 55.0 cm³/mol. The molecule has 0 bridgehead atoms. The van der Waals surface area contributed by atoms with Gasteiger partial charge in [0.05, 0.1) is 13.2 Å². The van der Waals surface area contributed by atoms with E-state index in [4.69, 9.17) is 0 Å². The number of nitrogens with one attached hydrogen (secondary N) is 2. The Kier molecular flexibility index (Phi) is 6.86. The molecule has 0 rings (SSSR count). The molecule has 0 spiro atoms. The highest BCUT2D eigenvalue weighted by Gasteiger charge is 2.12. The molecular formula is C9H18N3O4+. The number of carbonyl (C=O) groups is 3. The van der Waals surface area contributed by atoms with E-state index in [-0.39, 0.29) is 25.6 Å². The summed E-state index contributed by atoms with van der Waals surface area (Å²) in [6, 6.07) is -0.419. The van der Waals surface area contributed by atoms with Crippen LogP contribution in [-0.2, 0) is 19.1 Å². The smallest absolute Gasteiger partial charge is 0.325 e. The maximum atomic E-state index is 11.1. The molecule has 0 aliphatic rings. The molecule has 0 heterocycles. The minimum atomic E-state index is -0.507. The topological polar surface area (TPSA) is 112 Å². The summed E-state index contributed by atoms with van der Waals surface area (Å²) >= 11 is 0. The quantitative estimate of drug-likeness (QED) is 0.436. The Bertz CT molecular complexity index is 265. The van der Waals surface area contributed by atoms with Gasteiger partial charge in [-0.2, -0.15) is 0 Å². The van der Waals surface area contributed by atoms with E-state index in [1.54, 1.807) is 13.8 Å². The van der Waals surface area contributed by atoms with Crippen LogP contribution in [0.1, 0.15) is 13.8 Å². The maximum Gasteiger partial charge on any atom is 0.325 e. The fourth-order valence-corrected chi connectivity index (χ4v) is 0.787. The lowest BCUT2D eigenvalue weighted by molar-refractivity contribution is -0.398. The third-order valence-electron chi connectivity index (χ3n) is 1.61. The third-order valence-corrected chi connectivity index (χ3v) is 1.61. The molecule has 0 aromatic rings. The molecule has 5 N–H and O–H groups in total. The number of quaternary nitrogens is 1. The second-order valence-electron chi connectivity index (χ2n) is 3.20. The number of ether oxygens (including phenoxy) is 1. The summed E-state index contributed by atoms with van der Waals surface area (Å²) in [6.45, 7) is 3.20. The van der Waals surface area contributed by atoms with Crippen molar-refractivity contribution in [3.63, 3.8) is 0 Å². The van der Waals surface area contributed by atoms with Crippen LogP contribution in [0.3, 0.4) is 0 Å². The van der Waals surface area contributed by atoms with Crippen molar-refractivity contribution >= 4 is 17.8 Å². The number of hydrogen-bond donors (Lipinski definition) is 3. The minimum Gasteiger partial charge on any atom is -0.465 e. The molecule has 0 aliphatic heterocycles. The largest absolute Gasteiger partial charge is 0.465 e. The van der Waals surface area contributed by atoms with E-state index >= 15 is 0 Å². The van der Waals surface area contributed by atoms with Crippen LogP contribution in [0.15, 0.2) is 0 Å². The molecule has 92 valence electrons. The summed E-state index contributed by atoms with van der Waals surface area (Å²) in [4.78, 5) is 33.0. The molecule has 7 nitrogen and oxygen atoms in total. The molecule has 0 fully saturated rings. The van der Waals surface area contributed by atoms with E-state index in [1.165, 1.54) is 0 Å². The van der Waals surface area contributed by atoms with E-state index in [1.807, 2.05) is 0 Å². The van der Waals surface area contributed by atoms with Gasteiger partial charge in [-0.1, -0.05) is 0 Å². The van der Waals surface area contributed by atoms with E-state index in [0.717, 1.165) is 0 Å². The summed E-state index contributed by atoms with van der Waals surface area (Å²) in [6.07, 6.45) is 0. The SMILES string of the molecule is CCOC(=O)CNC(=O)CNC(=O)C(C)[NH3+]. The second-order valence-corrected chi connectivity index (χ2v) is 3.20. The first-order chi connectivity index (χ1) is 7.47. The normalized spacial score (nSPS) is 11.4. The van der Waals surface area contributed by atoms with Crippen LogP contribution in [-0.4, -0.2) is 43.5 Å². The Labute approximate surface area is 93.7 Å². The van der Waals surface area contributed by atoms with Crippen molar-refractivity contribution in [1.82, 2.24) is 10.6 Å². The van der Waals surface area contributed by atoms with Gasteiger partial charge in [0.1, 0.15) is 6.54 Å². The molecule has 0 aromatic carbocycles. The fourth-order valence-electron chi connectivity index (χ4n) is 0.787. The molecule has 0 radical (unpaired) electrons. The monoisotopic (exact) mass is 232 g/mol. The summed E-state index contributed by atoms with van der Waals surface area (Å²) in [5.74, 6) is -1.26.